The molecule has 3 rings (SSSR count). The Bertz CT molecular complexity index is 1220. The summed E-state index contributed by atoms with van der Waals surface area (Å²) in [6.07, 6.45) is -0.976. The SMILES string of the molecule is Cc1cn([C@H]2O[C@@H](CO[P@@](=O)(N[C@@H](C)C(=O)OC(C)C)Oc3ccccc3)C(O)[C@H]2C)c(=S)[nH]c1=S. The summed E-state index contributed by atoms with van der Waals surface area (Å²) in [5.74, 6) is -0.697. The van der Waals surface area contributed by atoms with E-state index < -0.39 is 38.2 Å². The van der Waals surface area contributed by atoms with Crippen LogP contribution in [0.1, 0.15) is 39.5 Å². The van der Waals surface area contributed by atoms with Gasteiger partial charge in [0.05, 0.1) is 18.8 Å². The zero-order chi connectivity index (χ0) is 26.6. The minimum Gasteiger partial charge on any atom is -0.462 e. The molecule has 0 spiro atoms. The molecule has 1 aliphatic heterocycles. The van der Waals surface area contributed by atoms with Crippen LogP contribution in [0.5, 0.6) is 5.75 Å². The van der Waals surface area contributed by atoms with Crippen molar-refractivity contribution >= 4 is 38.2 Å². The van der Waals surface area contributed by atoms with Gasteiger partial charge in [0.2, 0.25) is 0 Å². The first kappa shape index (κ1) is 28.6. The summed E-state index contributed by atoms with van der Waals surface area (Å²) in [7, 11) is -4.10. The molecule has 0 bridgehead atoms. The number of aromatic amines is 1. The van der Waals surface area contributed by atoms with Gasteiger partial charge in [-0.3, -0.25) is 13.9 Å². The summed E-state index contributed by atoms with van der Waals surface area (Å²) >= 11 is 10.6. The van der Waals surface area contributed by atoms with Crippen LogP contribution >= 0.6 is 32.2 Å². The molecule has 2 aromatic rings. The van der Waals surface area contributed by atoms with E-state index in [1.807, 2.05) is 13.8 Å². The number of para-hydroxylation sites is 1. The van der Waals surface area contributed by atoms with Crippen molar-refractivity contribution < 1.29 is 33.0 Å². The minimum absolute atomic E-state index is 0.276. The average Bonchev–Trinajstić information content (AvgIpc) is 3.08. The molecular weight excluding hydrogens is 525 g/mol. The number of aliphatic hydroxyl groups excluding tert-OH is 1. The zero-order valence-corrected chi connectivity index (χ0v) is 23.3. The van der Waals surface area contributed by atoms with Gasteiger partial charge < -0.3 is 24.1 Å². The second-order valence-corrected chi connectivity index (χ2v) is 11.4. The smallest absolute Gasteiger partial charge is 0.459 e. The van der Waals surface area contributed by atoms with Crippen molar-refractivity contribution in [2.45, 2.75) is 65.2 Å². The van der Waals surface area contributed by atoms with Gasteiger partial charge in [0.15, 0.2) is 4.77 Å². The van der Waals surface area contributed by atoms with E-state index in [-0.39, 0.29) is 24.4 Å². The van der Waals surface area contributed by atoms with Crippen LogP contribution in [0.4, 0.5) is 0 Å². The molecule has 198 valence electrons. The van der Waals surface area contributed by atoms with Gasteiger partial charge in [-0.15, -0.1) is 0 Å². The highest BCUT2D eigenvalue weighted by molar-refractivity contribution is 7.72. The van der Waals surface area contributed by atoms with Crippen molar-refractivity contribution in [1.82, 2.24) is 14.6 Å². The quantitative estimate of drug-likeness (QED) is 0.217. The predicted octanol–water partition coefficient (Wildman–Crippen LogP) is 4.61. The molecule has 1 aliphatic rings. The molecule has 2 heterocycles. The number of nitrogens with zero attached hydrogens (tertiary/aromatic N) is 1. The second-order valence-electron chi connectivity index (χ2n) is 8.93. The number of aromatic nitrogens is 2. The van der Waals surface area contributed by atoms with Crippen LogP contribution in [-0.4, -0.2) is 51.6 Å². The third kappa shape index (κ3) is 7.10. The molecule has 1 aromatic carbocycles. The number of hydrogen-bond donors (Lipinski definition) is 3. The number of rotatable bonds is 10. The van der Waals surface area contributed by atoms with Crippen LogP contribution in [0, 0.1) is 22.3 Å². The topological polar surface area (TPSA) is 124 Å². The monoisotopic (exact) mass is 557 g/mol. The van der Waals surface area contributed by atoms with Crippen molar-refractivity contribution in [2.75, 3.05) is 6.61 Å². The second kappa shape index (κ2) is 12.1. The molecule has 36 heavy (non-hydrogen) atoms. The summed E-state index contributed by atoms with van der Waals surface area (Å²) in [6, 6.07) is 7.43. The van der Waals surface area contributed by atoms with E-state index in [2.05, 4.69) is 10.1 Å². The van der Waals surface area contributed by atoms with Crippen LogP contribution in [0.15, 0.2) is 36.5 Å². The maximum absolute atomic E-state index is 13.7. The Hall–Kier alpha value is -1.92. The third-order valence-electron chi connectivity index (χ3n) is 5.54. The van der Waals surface area contributed by atoms with Crippen molar-refractivity contribution in [1.29, 1.82) is 0 Å². The molecule has 3 N–H and O–H groups in total. The van der Waals surface area contributed by atoms with Gasteiger partial charge in [0.1, 0.15) is 28.8 Å². The maximum atomic E-state index is 13.7. The number of benzene rings is 1. The van der Waals surface area contributed by atoms with E-state index in [0.29, 0.717) is 9.41 Å². The number of esters is 1. The van der Waals surface area contributed by atoms with Crippen LogP contribution in [0.25, 0.3) is 0 Å². The van der Waals surface area contributed by atoms with Crippen molar-refractivity contribution in [3.63, 3.8) is 0 Å². The van der Waals surface area contributed by atoms with E-state index in [9.17, 15) is 14.5 Å². The summed E-state index contributed by atoms with van der Waals surface area (Å²) < 4.78 is 38.8. The fourth-order valence-corrected chi connectivity index (χ4v) is 5.60. The summed E-state index contributed by atoms with van der Waals surface area (Å²) in [5, 5.41) is 13.5. The molecule has 0 amide bonds. The first-order chi connectivity index (χ1) is 16.9. The van der Waals surface area contributed by atoms with E-state index >= 15 is 0 Å². The van der Waals surface area contributed by atoms with Gasteiger partial charge in [-0.05, 0) is 52.0 Å². The van der Waals surface area contributed by atoms with Crippen LogP contribution in [-0.2, 0) is 23.4 Å². The Labute approximate surface area is 220 Å². The van der Waals surface area contributed by atoms with Crippen molar-refractivity contribution in [2.24, 2.45) is 5.92 Å². The lowest BCUT2D eigenvalue weighted by Crippen LogP contribution is -2.37. The highest BCUT2D eigenvalue weighted by Gasteiger charge is 2.44. The van der Waals surface area contributed by atoms with E-state index in [1.54, 1.807) is 54.9 Å². The number of aliphatic hydroxyl groups is 1. The lowest BCUT2D eigenvalue weighted by Gasteiger charge is -2.25. The van der Waals surface area contributed by atoms with Crippen molar-refractivity contribution in [3.05, 3.63) is 51.5 Å². The maximum Gasteiger partial charge on any atom is 0.459 e. The molecule has 10 nitrogen and oxygen atoms in total. The van der Waals surface area contributed by atoms with Gasteiger partial charge in [-0.1, -0.05) is 37.3 Å². The number of hydrogen-bond acceptors (Lipinski definition) is 9. The fraction of sp³-hybridized carbons (Fsp3) is 0.522. The Morgan fingerprint density at radius 2 is 1.94 bits per heavy atom. The summed E-state index contributed by atoms with van der Waals surface area (Å²) in [5.41, 5.74) is 0.802. The average molecular weight is 558 g/mol. The molecule has 1 unspecified atom stereocenters. The third-order valence-corrected chi connectivity index (χ3v) is 7.92. The lowest BCUT2D eigenvalue weighted by molar-refractivity contribution is -0.149. The first-order valence-corrected chi connectivity index (χ1v) is 13.9. The number of H-pyrrole nitrogens is 1. The van der Waals surface area contributed by atoms with Crippen LogP contribution < -0.4 is 9.61 Å². The first-order valence-electron chi connectivity index (χ1n) is 11.5. The molecule has 1 aromatic heterocycles. The highest BCUT2D eigenvalue weighted by atomic mass is 32.1. The Morgan fingerprint density at radius 3 is 2.58 bits per heavy atom. The highest BCUT2D eigenvalue weighted by Crippen LogP contribution is 2.46. The number of carbonyl (C=O) groups is 1. The standard InChI is InChI=1S/C23H32N3O7PS2/c1-13(2)31-22(28)16(5)25-34(29,33-17-9-7-6-8-10-17)30-12-18-19(27)15(4)21(32-18)26-11-14(3)20(35)24-23(26)36/h6-11,13,15-16,18-19,21,27H,12H2,1-5H3,(H,25,29)(H,24,35,36)/t15-,16+,18+,19?,21+,34+/m1/s1. The normalized spacial score (nSPS) is 24.3. The number of carbonyl (C=O) groups excluding carboxylic acids is 1. The Kier molecular flexibility index (Phi) is 9.62. The molecule has 6 atom stereocenters. The van der Waals surface area contributed by atoms with E-state index in [4.69, 9.17) is 43.0 Å². The number of ether oxygens (including phenoxy) is 2. The van der Waals surface area contributed by atoms with E-state index in [0.717, 1.165) is 5.56 Å². The molecule has 0 saturated carbocycles. The molecular formula is C23H32N3O7PS2. The predicted molar refractivity (Wildman–Crippen MR) is 139 cm³/mol. The minimum atomic E-state index is -4.10. The molecule has 0 radical (unpaired) electrons. The largest absolute Gasteiger partial charge is 0.462 e. The van der Waals surface area contributed by atoms with Crippen molar-refractivity contribution in [3.8, 4) is 5.75 Å². The molecule has 13 heteroatoms. The van der Waals surface area contributed by atoms with Gasteiger partial charge in [0.25, 0.3) is 0 Å². The number of nitrogens with one attached hydrogen (secondary N) is 2. The van der Waals surface area contributed by atoms with Gasteiger partial charge in [0, 0.05) is 17.7 Å². The fourth-order valence-electron chi connectivity index (χ4n) is 3.63. The van der Waals surface area contributed by atoms with Gasteiger partial charge in [-0.25, -0.2) is 4.57 Å². The summed E-state index contributed by atoms with van der Waals surface area (Å²) in [4.78, 5) is 15.3. The van der Waals surface area contributed by atoms with Gasteiger partial charge >= 0.3 is 13.7 Å². The molecule has 1 saturated heterocycles. The van der Waals surface area contributed by atoms with Gasteiger partial charge in [-0.2, -0.15) is 5.09 Å². The Morgan fingerprint density at radius 1 is 1.28 bits per heavy atom. The van der Waals surface area contributed by atoms with E-state index in [1.165, 1.54) is 6.92 Å². The summed E-state index contributed by atoms with van der Waals surface area (Å²) in [6.45, 7) is 8.31. The molecule has 1 fully saturated rings. The Balaban J connectivity index is 1.77. The lowest BCUT2D eigenvalue weighted by atomic mass is 10.0. The van der Waals surface area contributed by atoms with Crippen LogP contribution in [0.2, 0.25) is 0 Å². The zero-order valence-electron chi connectivity index (χ0n) is 20.7. The number of aryl methyl sites for hydroxylation is 1. The molecule has 0 aliphatic carbocycles. The van der Waals surface area contributed by atoms with Crippen LogP contribution in [0.3, 0.4) is 0 Å².